The third-order valence-electron chi connectivity index (χ3n) is 4.95. The zero-order valence-corrected chi connectivity index (χ0v) is 17.0. The highest BCUT2D eigenvalue weighted by Crippen LogP contribution is 2.21. The first-order chi connectivity index (χ1) is 13.1. The van der Waals surface area contributed by atoms with Gasteiger partial charge in [-0.2, -0.15) is 0 Å². The Morgan fingerprint density at radius 1 is 1.22 bits per heavy atom. The topological polar surface area (TPSA) is 66.0 Å². The molecule has 0 aromatic heterocycles. The fraction of sp³-hybridized carbons (Fsp3) is 0.619. The summed E-state index contributed by atoms with van der Waals surface area (Å²) in [4.78, 5) is 18.7. The maximum atomic E-state index is 12.1. The first kappa shape index (κ1) is 21.1. The number of aliphatic imine (C=N–C) groups is 1. The van der Waals surface area contributed by atoms with Crippen LogP contribution in [0.4, 0.5) is 0 Å². The van der Waals surface area contributed by atoms with Crippen LogP contribution in [0.25, 0.3) is 0 Å². The standard InChI is InChI=1S/C21H34N4O2/c1-4-22-21(24-14-12-20(26)25-15-5-6-16-25)23-13-11-17(2)18-7-9-19(27-3)10-8-18/h7-10,17H,4-6,11-16H2,1-3H3,(H2,22,23,24). The number of rotatable bonds is 9. The molecule has 6 heteroatoms. The normalized spacial score (nSPS) is 15.5. The number of likely N-dealkylation sites (tertiary alicyclic amines) is 1. The molecule has 1 aromatic rings. The van der Waals surface area contributed by atoms with Gasteiger partial charge in [-0.25, -0.2) is 0 Å². The van der Waals surface area contributed by atoms with Crippen LogP contribution < -0.4 is 15.4 Å². The molecule has 1 aliphatic heterocycles. The number of hydrogen-bond donors (Lipinski definition) is 2. The van der Waals surface area contributed by atoms with E-state index in [-0.39, 0.29) is 5.91 Å². The molecule has 1 aromatic carbocycles. The first-order valence-electron chi connectivity index (χ1n) is 10.1. The van der Waals surface area contributed by atoms with Crippen molar-refractivity contribution in [2.45, 2.75) is 45.4 Å². The molecule has 1 fully saturated rings. The van der Waals surface area contributed by atoms with Crippen molar-refractivity contribution in [3.05, 3.63) is 29.8 Å². The van der Waals surface area contributed by atoms with Gasteiger partial charge in [-0.3, -0.25) is 9.79 Å². The maximum absolute atomic E-state index is 12.1. The number of amides is 1. The van der Waals surface area contributed by atoms with Gasteiger partial charge < -0.3 is 20.3 Å². The number of nitrogens with zero attached hydrogens (tertiary/aromatic N) is 2. The maximum Gasteiger partial charge on any atom is 0.224 e. The van der Waals surface area contributed by atoms with Crippen molar-refractivity contribution in [2.24, 2.45) is 4.99 Å². The molecule has 1 saturated heterocycles. The third-order valence-corrected chi connectivity index (χ3v) is 4.95. The van der Waals surface area contributed by atoms with E-state index in [2.05, 4.69) is 34.7 Å². The summed E-state index contributed by atoms with van der Waals surface area (Å²) in [6.07, 6.45) is 3.76. The van der Waals surface area contributed by atoms with Gasteiger partial charge in [0.05, 0.1) is 7.11 Å². The summed E-state index contributed by atoms with van der Waals surface area (Å²) < 4.78 is 5.21. The molecule has 6 nitrogen and oxygen atoms in total. The number of benzene rings is 1. The van der Waals surface area contributed by atoms with Crippen LogP contribution in [0.5, 0.6) is 5.75 Å². The largest absolute Gasteiger partial charge is 0.497 e. The fourth-order valence-electron chi connectivity index (χ4n) is 3.22. The van der Waals surface area contributed by atoms with E-state index in [9.17, 15) is 4.79 Å². The van der Waals surface area contributed by atoms with E-state index in [0.717, 1.165) is 57.2 Å². The summed E-state index contributed by atoms with van der Waals surface area (Å²) in [6.45, 7) is 8.25. The summed E-state index contributed by atoms with van der Waals surface area (Å²) in [5, 5.41) is 6.53. The molecule has 0 aliphatic carbocycles. The van der Waals surface area contributed by atoms with Crippen LogP contribution in [0.1, 0.15) is 51.0 Å². The number of carbonyl (C=O) groups excluding carboxylic acids is 1. The Balaban J connectivity index is 1.75. The van der Waals surface area contributed by atoms with E-state index in [1.807, 2.05) is 24.0 Å². The van der Waals surface area contributed by atoms with Crippen molar-refractivity contribution in [3.63, 3.8) is 0 Å². The smallest absolute Gasteiger partial charge is 0.224 e. The van der Waals surface area contributed by atoms with Gasteiger partial charge in [0.25, 0.3) is 0 Å². The monoisotopic (exact) mass is 374 g/mol. The van der Waals surface area contributed by atoms with Gasteiger partial charge >= 0.3 is 0 Å². The Morgan fingerprint density at radius 2 is 1.93 bits per heavy atom. The molecule has 1 aliphatic rings. The lowest BCUT2D eigenvalue weighted by molar-refractivity contribution is -0.129. The van der Waals surface area contributed by atoms with Crippen LogP contribution in [-0.4, -0.2) is 56.6 Å². The lowest BCUT2D eigenvalue weighted by atomic mass is 9.98. The van der Waals surface area contributed by atoms with Crippen LogP contribution in [0.3, 0.4) is 0 Å². The molecule has 150 valence electrons. The summed E-state index contributed by atoms with van der Waals surface area (Å²) in [5.41, 5.74) is 1.29. The minimum atomic E-state index is 0.240. The fourth-order valence-corrected chi connectivity index (χ4v) is 3.22. The lowest BCUT2D eigenvalue weighted by Gasteiger charge is -2.16. The molecule has 0 spiro atoms. The van der Waals surface area contributed by atoms with E-state index in [1.54, 1.807) is 7.11 Å². The molecule has 1 amide bonds. The van der Waals surface area contributed by atoms with Gasteiger partial charge in [0.15, 0.2) is 5.96 Å². The molecular weight excluding hydrogens is 340 g/mol. The highest BCUT2D eigenvalue weighted by atomic mass is 16.5. The summed E-state index contributed by atoms with van der Waals surface area (Å²) >= 11 is 0. The van der Waals surface area contributed by atoms with Gasteiger partial charge in [-0.1, -0.05) is 19.1 Å². The molecule has 0 bridgehead atoms. The van der Waals surface area contributed by atoms with Crippen LogP contribution >= 0.6 is 0 Å². The molecule has 0 saturated carbocycles. The Kier molecular flexibility index (Phi) is 8.95. The summed E-state index contributed by atoms with van der Waals surface area (Å²) in [7, 11) is 1.68. The highest BCUT2D eigenvalue weighted by Gasteiger charge is 2.17. The van der Waals surface area contributed by atoms with Gasteiger partial charge in [0.2, 0.25) is 5.91 Å². The molecule has 1 atom stereocenters. The van der Waals surface area contributed by atoms with Gasteiger partial charge in [0, 0.05) is 39.1 Å². The number of methoxy groups -OCH3 is 1. The van der Waals surface area contributed by atoms with Crippen molar-refractivity contribution in [2.75, 3.05) is 39.8 Å². The number of hydrogen-bond acceptors (Lipinski definition) is 3. The van der Waals surface area contributed by atoms with E-state index in [4.69, 9.17) is 4.74 Å². The zero-order valence-electron chi connectivity index (χ0n) is 17.0. The molecular formula is C21H34N4O2. The quantitative estimate of drug-likeness (QED) is 0.515. The van der Waals surface area contributed by atoms with Crippen molar-refractivity contribution in [1.29, 1.82) is 0 Å². The minimum Gasteiger partial charge on any atom is -0.497 e. The molecule has 1 heterocycles. The van der Waals surface area contributed by atoms with Gasteiger partial charge in [-0.15, -0.1) is 0 Å². The molecule has 1 unspecified atom stereocenters. The lowest BCUT2D eigenvalue weighted by Crippen LogP contribution is -2.39. The van der Waals surface area contributed by atoms with Crippen LogP contribution in [0.2, 0.25) is 0 Å². The van der Waals surface area contributed by atoms with Crippen LogP contribution in [-0.2, 0) is 4.79 Å². The van der Waals surface area contributed by atoms with E-state index < -0.39 is 0 Å². The molecule has 0 radical (unpaired) electrons. The zero-order chi connectivity index (χ0) is 19.5. The molecule has 2 N–H and O–H groups in total. The number of ether oxygens (including phenoxy) is 1. The van der Waals surface area contributed by atoms with Crippen molar-refractivity contribution in [3.8, 4) is 5.75 Å². The highest BCUT2D eigenvalue weighted by molar-refractivity contribution is 5.81. The Morgan fingerprint density at radius 3 is 2.56 bits per heavy atom. The predicted molar refractivity (Wildman–Crippen MR) is 110 cm³/mol. The SMILES string of the molecule is CCNC(=NCCC(C)c1ccc(OC)cc1)NCCC(=O)N1CCCC1. The van der Waals surface area contributed by atoms with E-state index in [0.29, 0.717) is 18.9 Å². The average Bonchev–Trinajstić information content (AvgIpc) is 3.23. The number of nitrogens with one attached hydrogen (secondary N) is 2. The molecule has 2 rings (SSSR count). The molecule has 27 heavy (non-hydrogen) atoms. The minimum absolute atomic E-state index is 0.240. The second kappa shape index (κ2) is 11.5. The van der Waals surface area contributed by atoms with E-state index in [1.165, 1.54) is 5.56 Å². The average molecular weight is 375 g/mol. The third kappa shape index (κ3) is 7.12. The van der Waals surface area contributed by atoms with Gasteiger partial charge in [0.1, 0.15) is 5.75 Å². The van der Waals surface area contributed by atoms with Crippen LogP contribution in [0.15, 0.2) is 29.3 Å². The second-order valence-corrected chi connectivity index (χ2v) is 6.99. The first-order valence-corrected chi connectivity index (χ1v) is 10.1. The predicted octanol–water partition coefficient (Wildman–Crippen LogP) is 2.76. The Labute approximate surface area is 163 Å². The van der Waals surface area contributed by atoms with Crippen molar-refractivity contribution < 1.29 is 9.53 Å². The Bertz CT molecular complexity index is 595. The van der Waals surface area contributed by atoms with Gasteiger partial charge in [-0.05, 0) is 49.8 Å². The Hall–Kier alpha value is -2.24. The van der Waals surface area contributed by atoms with Crippen molar-refractivity contribution in [1.82, 2.24) is 15.5 Å². The van der Waals surface area contributed by atoms with Crippen molar-refractivity contribution >= 4 is 11.9 Å². The van der Waals surface area contributed by atoms with E-state index >= 15 is 0 Å². The second-order valence-electron chi connectivity index (χ2n) is 6.99. The summed E-state index contributed by atoms with van der Waals surface area (Å²) in [5.74, 6) is 2.34. The van der Waals surface area contributed by atoms with Crippen LogP contribution in [0, 0.1) is 0 Å². The summed E-state index contributed by atoms with van der Waals surface area (Å²) in [6, 6.07) is 8.22. The number of guanidine groups is 1. The number of carbonyl (C=O) groups is 1.